The molecule has 0 spiro atoms. The molecule has 0 aliphatic heterocycles. The molecule has 0 heterocycles. The number of rotatable bonds is 3. The van der Waals surface area contributed by atoms with Crippen molar-refractivity contribution in [2.24, 2.45) is 0 Å². The Kier molecular flexibility index (Phi) is 4.02. The Morgan fingerprint density at radius 3 is 2.33 bits per heavy atom. The van der Waals surface area contributed by atoms with E-state index in [-0.39, 0.29) is 6.04 Å². The summed E-state index contributed by atoms with van der Waals surface area (Å²) < 4.78 is 0. The van der Waals surface area contributed by atoms with Crippen LogP contribution in [0, 0.1) is 11.3 Å². The molecule has 0 aromatic heterocycles. The van der Waals surface area contributed by atoms with Crippen molar-refractivity contribution in [3.8, 4) is 6.07 Å². The first-order valence-corrected chi connectivity index (χ1v) is 2.92. The van der Waals surface area contributed by atoms with Gasteiger partial charge in [-0.25, -0.2) is 0 Å². The maximum Gasteiger partial charge on any atom is 0.108 e. The molecule has 0 fully saturated rings. The Morgan fingerprint density at radius 1 is 1.67 bits per heavy atom. The van der Waals surface area contributed by atoms with Gasteiger partial charge in [-0.3, -0.25) is 0 Å². The van der Waals surface area contributed by atoms with Gasteiger partial charge in [0, 0.05) is 6.54 Å². The number of likely N-dealkylation sites (N-methyl/N-ethyl adjacent to an activating group) is 2. The van der Waals surface area contributed by atoms with Crippen molar-refractivity contribution >= 4 is 0 Å². The second-order valence-electron chi connectivity index (χ2n) is 2.23. The first-order valence-electron chi connectivity index (χ1n) is 2.92. The van der Waals surface area contributed by atoms with Crippen LogP contribution in [0.5, 0.6) is 0 Å². The second kappa shape index (κ2) is 4.30. The van der Waals surface area contributed by atoms with Crippen molar-refractivity contribution in [3.05, 3.63) is 0 Å². The summed E-state index contributed by atoms with van der Waals surface area (Å²) in [7, 11) is 5.68. The van der Waals surface area contributed by atoms with Gasteiger partial charge in [0.25, 0.3) is 0 Å². The summed E-state index contributed by atoms with van der Waals surface area (Å²) in [6.07, 6.45) is 0. The van der Waals surface area contributed by atoms with Crippen molar-refractivity contribution in [2.45, 2.75) is 6.04 Å². The zero-order chi connectivity index (χ0) is 7.28. The molecule has 0 rings (SSSR count). The topological polar surface area (TPSA) is 39.1 Å². The maximum absolute atomic E-state index is 8.44. The molecule has 0 bridgehead atoms. The van der Waals surface area contributed by atoms with Crippen LogP contribution < -0.4 is 5.32 Å². The number of hydrogen-bond donors (Lipinski definition) is 1. The van der Waals surface area contributed by atoms with Crippen LogP contribution >= 0.6 is 0 Å². The zero-order valence-corrected chi connectivity index (χ0v) is 6.18. The second-order valence-corrected chi connectivity index (χ2v) is 2.23. The van der Waals surface area contributed by atoms with E-state index in [9.17, 15) is 0 Å². The summed E-state index contributed by atoms with van der Waals surface area (Å²) in [6, 6.07) is 2.09. The molecule has 0 saturated carbocycles. The summed E-state index contributed by atoms with van der Waals surface area (Å²) in [6.45, 7) is 0.771. The van der Waals surface area contributed by atoms with Crippen LogP contribution in [0.25, 0.3) is 0 Å². The Bertz CT molecular complexity index is 103. The van der Waals surface area contributed by atoms with E-state index in [2.05, 4.69) is 11.4 Å². The molecule has 3 heteroatoms. The highest BCUT2D eigenvalue weighted by molar-refractivity contribution is 4.89. The number of nitrogens with zero attached hydrogens (tertiary/aromatic N) is 2. The van der Waals surface area contributed by atoms with Crippen LogP contribution in [0.2, 0.25) is 0 Å². The van der Waals surface area contributed by atoms with Crippen molar-refractivity contribution < 1.29 is 0 Å². The van der Waals surface area contributed by atoms with Gasteiger partial charge in [-0.2, -0.15) is 5.26 Å². The number of hydrogen-bond acceptors (Lipinski definition) is 3. The molecule has 3 nitrogen and oxygen atoms in total. The summed E-state index contributed by atoms with van der Waals surface area (Å²) in [5, 5.41) is 11.3. The molecule has 0 amide bonds. The van der Waals surface area contributed by atoms with E-state index < -0.39 is 0 Å². The highest BCUT2D eigenvalue weighted by atomic mass is 15.1. The Hall–Kier alpha value is -0.590. The van der Waals surface area contributed by atoms with E-state index in [0.29, 0.717) is 0 Å². The van der Waals surface area contributed by atoms with E-state index in [0.717, 1.165) is 6.54 Å². The SMILES string of the molecule is CNC(C#N)CN(C)C. The first kappa shape index (κ1) is 8.41. The van der Waals surface area contributed by atoms with Gasteiger partial charge in [-0.1, -0.05) is 0 Å². The lowest BCUT2D eigenvalue weighted by molar-refractivity contribution is 0.379. The molecule has 0 aliphatic carbocycles. The highest BCUT2D eigenvalue weighted by Gasteiger charge is 2.02. The van der Waals surface area contributed by atoms with Gasteiger partial charge in [0.1, 0.15) is 6.04 Å². The molecular weight excluding hydrogens is 114 g/mol. The minimum Gasteiger partial charge on any atom is -0.307 e. The van der Waals surface area contributed by atoms with E-state index in [4.69, 9.17) is 5.26 Å². The van der Waals surface area contributed by atoms with Crippen LogP contribution in [0.3, 0.4) is 0 Å². The fourth-order valence-electron chi connectivity index (χ4n) is 0.562. The van der Waals surface area contributed by atoms with Crippen molar-refractivity contribution in [1.82, 2.24) is 10.2 Å². The van der Waals surface area contributed by atoms with Gasteiger partial charge in [-0.05, 0) is 21.1 Å². The third kappa shape index (κ3) is 3.95. The number of nitrogens with one attached hydrogen (secondary N) is 1. The third-order valence-electron chi connectivity index (χ3n) is 1.05. The summed E-state index contributed by atoms with van der Waals surface area (Å²) in [5.74, 6) is 0. The Morgan fingerprint density at radius 2 is 2.22 bits per heavy atom. The molecule has 0 radical (unpaired) electrons. The highest BCUT2D eigenvalue weighted by Crippen LogP contribution is 1.81. The van der Waals surface area contributed by atoms with Crippen LogP contribution in [0.15, 0.2) is 0 Å². The van der Waals surface area contributed by atoms with Gasteiger partial charge < -0.3 is 10.2 Å². The largest absolute Gasteiger partial charge is 0.307 e. The van der Waals surface area contributed by atoms with Crippen LogP contribution in [-0.4, -0.2) is 38.6 Å². The smallest absolute Gasteiger partial charge is 0.108 e. The number of nitriles is 1. The average Bonchev–Trinajstić information content (AvgIpc) is 1.82. The molecule has 0 saturated heterocycles. The standard InChI is InChI=1S/C6H13N3/c1-8-6(4-7)5-9(2)3/h6,8H,5H2,1-3H3. The predicted molar refractivity (Wildman–Crippen MR) is 37.0 cm³/mol. The molecule has 9 heavy (non-hydrogen) atoms. The lowest BCUT2D eigenvalue weighted by Gasteiger charge is -2.12. The van der Waals surface area contributed by atoms with Gasteiger partial charge in [0.2, 0.25) is 0 Å². The predicted octanol–water partition coefficient (Wildman–Crippen LogP) is -0.340. The van der Waals surface area contributed by atoms with Crippen molar-refractivity contribution in [2.75, 3.05) is 27.7 Å². The summed E-state index contributed by atoms with van der Waals surface area (Å²) >= 11 is 0. The fraction of sp³-hybridized carbons (Fsp3) is 0.833. The third-order valence-corrected chi connectivity index (χ3v) is 1.05. The van der Waals surface area contributed by atoms with Gasteiger partial charge in [0.15, 0.2) is 0 Å². The van der Waals surface area contributed by atoms with Gasteiger partial charge in [0.05, 0.1) is 6.07 Å². The fourth-order valence-corrected chi connectivity index (χ4v) is 0.562. The van der Waals surface area contributed by atoms with Gasteiger partial charge >= 0.3 is 0 Å². The molecule has 0 aliphatic rings. The van der Waals surface area contributed by atoms with E-state index in [1.54, 1.807) is 7.05 Å². The lowest BCUT2D eigenvalue weighted by atomic mass is 10.3. The minimum atomic E-state index is -0.0417. The van der Waals surface area contributed by atoms with E-state index in [1.165, 1.54) is 0 Å². The molecule has 0 aromatic rings. The van der Waals surface area contributed by atoms with E-state index >= 15 is 0 Å². The van der Waals surface area contributed by atoms with E-state index in [1.807, 2.05) is 19.0 Å². The zero-order valence-electron chi connectivity index (χ0n) is 6.18. The monoisotopic (exact) mass is 127 g/mol. The summed E-state index contributed by atoms with van der Waals surface area (Å²) in [5.41, 5.74) is 0. The van der Waals surface area contributed by atoms with Crippen LogP contribution in [-0.2, 0) is 0 Å². The molecule has 1 N–H and O–H groups in total. The van der Waals surface area contributed by atoms with Crippen LogP contribution in [0.1, 0.15) is 0 Å². The first-order chi connectivity index (χ1) is 4.20. The van der Waals surface area contributed by atoms with Crippen molar-refractivity contribution in [1.29, 1.82) is 5.26 Å². The normalized spacial score (nSPS) is 13.2. The Labute approximate surface area is 56.3 Å². The molecular formula is C6H13N3. The molecule has 52 valence electrons. The quantitative estimate of drug-likeness (QED) is 0.563. The molecule has 1 atom stereocenters. The summed E-state index contributed by atoms with van der Waals surface area (Å²) in [4.78, 5) is 1.98. The lowest BCUT2D eigenvalue weighted by Crippen LogP contribution is -2.34. The molecule has 0 aromatic carbocycles. The molecule has 1 unspecified atom stereocenters. The maximum atomic E-state index is 8.44. The average molecular weight is 127 g/mol. The van der Waals surface area contributed by atoms with Crippen molar-refractivity contribution in [3.63, 3.8) is 0 Å². The van der Waals surface area contributed by atoms with Crippen LogP contribution in [0.4, 0.5) is 0 Å². The minimum absolute atomic E-state index is 0.0417. The van der Waals surface area contributed by atoms with Gasteiger partial charge in [-0.15, -0.1) is 0 Å². The Balaban J connectivity index is 3.47.